The van der Waals surface area contributed by atoms with Crippen LogP contribution in [0.25, 0.3) is 0 Å². The van der Waals surface area contributed by atoms with E-state index >= 15 is 0 Å². The Morgan fingerprint density at radius 1 is 1.15 bits per heavy atom. The average Bonchev–Trinajstić information content (AvgIpc) is 2.65. The van der Waals surface area contributed by atoms with Gasteiger partial charge in [-0.05, 0) is 44.7 Å². The summed E-state index contributed by atoms with van der Waals surface area (Å²) in [5.74, 6) is -0.174. The van der Waals surface area contributed by atoms with Crippen molar-refractivity contribution in [1.29, 1.82) is 0 Å². The highest BCUT2D eigenvalue weighted by Gasteiger charge is 2.42. The Kier molecular flexibility index (Phi) is 5.68. The summed E-state index contributed by atoms with van der Waals surface area (Å²) in [5, 5.41) is 14.5. The first-order valence-electron chi connectivity index (χ1n) is 9.68. The smallest absolute Gasteiger partial charge is 0.256 e. The maximum absolute atomic E-state index is 13.0. The summed E-state index contributed by atoms with van der Waals surface area (Å²) in [6.45, 7) is 7.68. The molecule has 0 saturated carbocycles. The zero-order valence-corrected chi connectivity index (χ0v) is 16.5. The Bertz CT molecular complexity index is 788. The van der Waals surface area contributed by atoms with E-state index in [0.29, 0.717) is 19.5 Å². The van der Waals surface area contributed by atoms with Crippen LogP contribution in [0.15, 0.2) is 54.6 Å². The second-order valence-electron chi connectivity index (χ2n) is 8.20. The molecule has 2 N–H and O–H groups in total. The summed E-state index contributed by atoms with van der Waals surface area (Å²) in [6.07, 6.45) is 1.30. The maximum atomic E-state index is 13.0. The molecule has 1 atom stereocenters. The van der Waals surface area contributed by atoms with Gasteiger partial charge in [-0.3, -0.25) is 4.79 Å². The third kappa shape index (κ3) is 4.57. The maximum Gasteiger partial charge on any atom is 0.256 e. The number of rotatable bonds is 6. The van der Waals surface area contributed by atoms with Crippen LogP contribution < -0.4 is 5.32 Å². The number of nitrogens with one attached hydrogen (secondary N) is 1. The van der Waals surface area contributed by atoms with E-state index in [4.69, 9.17) is 0 Å². The monoisotopic (exact) mass is 366 g/mol. The van der Waals surface area contributed by atoms with Gasteiger partial charge in [-0.15, -0.1) is 0 Å². The average molecular weight is 367 g/mol. The largest absolute Gasteiger partial charge is 0.379 e. The number of piperidine rings is 1. The fourth-order valence-electron chi connectivity index (χ4n) is 3.73. The van der Waals surface area contributed by atoms with Crippen molar-refractivity contribution >= 4 is 5.91 Å². The molecule has 0 aromatic heterocycles. The Labute approximate surface area is 162 Å². The first-order chi connectivity index (χ1) is 12.8. The van der Waals surface area contributed by atoms with E-state index in [1.54, 1.807) is 4.90 Å². The predicted octanol–water partition coefficient (Wildman–Crippen LogP) is 3.37. The number of carbonyl (C=O) groups excluding carboxylic acids is 1. The van der Waals surface area contributed by atoms with Gasteiger partial charge in [0.25, 0.3) is 5.91 Å². The molecule has 1 saturated heterocycles. The Morgan fingerprint density at radius 2 is 1.89 bits per heavy atom. The van der Waals surface area contributed by atoms with Crippen molar-refractivity contribution in [1.82, 2.24) is 10.2 Å². The highest BCUT2D eigenvalue weighted by atomic mass is 16.3. The molecule has 1 unspecified atom stereocenters. The normalized spacial score (nSPS) is 20.7. The summed E-state index contributed by atoms with van der Waals surface area (Å²) >= 11 is 0. The molecule has 0 spiro atoms. The number of nitrogens with zero attached hydrogens (tertiary/aromatic N) is 1. The molecule has 1 aliphatic heterocycles. The summed E-state index contributed by atoms with van der Waals surface area (Å²) in [5.41, 5.74) is 1.74. The van der Waals surface area contributed by atoms with Crippen LogP contribution in [0, 0.1) is 6.92 Å². The van der Waals surface area contributed by atoms with Gasteiger partial charge in [-0.2, -0.15) is 0 Å². The number of hydrogen-bond donors (Lipinski definition) is 2. The van der Waals surface area contributed by atoms with E-state index in [9.17, 15) is 9.90 Å². The van der Waals surface area contributed by atoms with Crippen molar-refractivity contribution in [3.8, 4) is 0 Å². The molecule has 3 rings (SSSR count). The van der Waals surface area contributed by atoms with Crippen LogP contribution in [0.2, 0.25) is 0 Å². The number of aryl methyl sites for hydroxylation is 1. The van der Waals surface area contributed by atoms with Crippen molar-refractivity contribution < 1.29 is 9.90 Å². The van der Waals surface area contributed by atoms with Crippen molar-refractivity contribution in [3.05, 3.63) is 71.3 Å². The molecular formula is C23H30N2O2. The van der Waals surface area contributed by atoms with E-state index in [2.05, 4.69) is 37.4 Å². The lowest BCUT2D eigenvalue weighted by molar-refractivity contribution is -0.157. The second kappa shape index (κ2) is 7.83. The fourth-order valence-corrected chi connectivity index (χ4v) is 3.73. The van der Waals surface area contributed by atoms with E-state index in [0.717, 1.165) is 17.5 Å². The fraction of sp³-hybridized carbons (Fsp3) is 0.435. The van der Waals surface area contributed by atoms with Crippen molar-refractivity contribution in [2.75, 3.05) is 13.1 Å². The first kappa shape index (κ1) is 19.6. The van der Waals surface area contributed by atoms with Gasteiger partial charge in [0.15, 0.2) is 5.60 Å². The zero-order valence-electron chi connectivity index (χ0n) is 16.5. The van der Waals surface area contributed by atoms with Gasteiger partial charge < -0.3 is 15.3 Å². The Hall–Kier alpha value is -2.17. The predicted molar refractivity (Wildman–Crippen MR) is 108 cm³/mol. The zero-order chi connectivity index (χ0) is 19.5. The molecule has 1 aliphatic rings. The molecule has 0 bridgehead atoms. The molecule has 2 aromatic rings. The highest BCUT2D eigenvalue weighted by molar-refractivity contribution is 5.86. The highest BCUT2D eigenvalue weighted by Crippen LogP contribution is 2.26. The molecule has 0 aliphatic carbocycles. The first-order valence-corrected chi connectivity index (χ1v) is 9.68. The summed E-state index contributed by atoms with van der Waals surface area (Å²) in [7, 11) is 0. The Morgan fingerprint density at radius 3 is 2.59 bits per heavy atom. The van der Waals surface area contributed by atoms with Gasteiger partial charge in [0, 0.05) is 25.2 Å². The van der Waals surface area contributed by atoms with Gasteiger partial charge in [-0.1, -0.05) is 60.2 Å². The second-order valence-corrected chi connectivity index (χ2v) is 8.20. The van der Waals surface area contributed by atoms with Crippen LogP contribution in [-0.2, 0) is 16.9 Å². The summed E-state index contributed by atoms with van der Waals surface area (Å²) in [6, 6.07) is 18.3. The van der Waals surface area contributed by atoms with Gasteiger partial charge in [0.1, 0.15) is 0 Å². The lowest BCUT2D eigenvalue weighted by atomic mass is 9.88. The molecule has 1 amide bonds. The summed E-state index contributed by atoms with van der Waals surface area (Å²) in [4.78, 5) is 14.8. The minimum absolute atomic E-state index is 0.174. The van der Waals surface area contributed by atoms with Gasteiger partial charge in [0.05, 0.1) is 0 Å². The minimum Gasteiger partial charge on any atom is -0.379 e. The van der Waals surface area contributed by atoms with E-state index in [1.807, 2.05) is 43.3 Å². The van der Waals surface area contributed by atoms with Gasteiger partial charge >= 0.3 is 0 Å². The SMILES string of the molecule is Cc1cccc(CN2CCCC(O)(CNC(C)(C)c3ccccc3)C2=O)c1. The number of hydrogen-bond acceptors (Lipinski definition) is 3. The molecule has 4 heteroatoms. The van der Waals surface area contributed by atoms with E-state index in [1.165, 1.54) is 5.56 Å². The van der Waals surface area contributed by atoms with Crippen LogP contribution in [0.5, 0.6) is 0 Å². The van der Waals surface area contributed by atoms with Crippen molar-refractivity contribution in [2.45, 2.75) is 51.3 Å². The van der Waals surface area contributed by atoms with Crippen LogP contribution in [0.4, 0.5) is 0 Å². The third-order valence-electron chi connectivity index (χ3n) is 5.48. The number of carbonyl (C=O) groups is 1. The Balaban J connectivity index is 1.68. The standard InChI is InChI=1S/C23H30N2O2/c1-18-9-7-10-19(15-18)16-25-14-8-13-23(27,21(25)26)17-24-22(2,3)20-11-5-4-6-12-20/h4-7,9-12,15,24,27H,8,13-14,16-17H2,1-3H3. The van der Waals surface area contributed by atoms with Crippen LogP contribution in [0.3, 0.4) is 0 Å². The van der Waals surface area contributed by atoms with E-state index in [-0.39, 0.29) is 18.0 Å². The number of aliphatic hydroxyl groups is 1. The number of likely N-dealkylation sites (tertiary alicyclic amines) is 1. The molecule has 2 aromatic carbocycles. The van der Waals surface area contributed by atoms with Crippen LogP contribution in [-0.4, -0.2) is 34.6 Å². The minimum atomic E-state index is -1.35. The third-order valence-corrected chi connectivity index (χ3v) is 5.48. The lowest BCUT2D eigenvalue weighted by Crippen LogP contribution is -2.59. The van der Waals surface area contributed by atoms with Gasteiger partial charge in [0.2, 0.25) is 0 Å². The molecular weight excluding hydrogens is 336 g/mol. The number of benzene rings is 2. The van der Waals surface area contributed by atoms with Crippen molar-refractivity contribution in [2.24, 2.45) is 0 Å². The molecule has 4 nitrogen and oxygen atoms in total. The van der Waals surface area contributed by atoms with Gasteiger partial charge in [-0.25, -0.2) is 0 Å². The van der Waals surface area contributed by atoms with E-state index < -0.39 is 5.60 Å². The molecule has 144 valence electrons. The topological polar surface area (TPSA) is 52.6 Å². The number of amides is 1. The van der Waals surface area contributed by atoms with Crippen LogP contribution >= 0.6 is 0 Å². The molecule has 0 radical (unpaired) electrons. The summed E-state index contributed by atoms with van der Waals surface area (Å²) < 4.78 is 0. The molecule has 1 heterocycles. The van der Waals surface area contributed by atoms with Crippen LogP contribution in [0.1, 0.15) is 43.4 Å². The van der Waals surface area contributed by atoms with Crippen molar-refractivity contribution in [3.63, 3.8) is 0 Å². The quantitative estimate of drug-likeness (QED) is 0.824. The lowest BCUT2D eigenvalue weighted by Gasteiger charge is -2.40. The molecule has 1 fully saturated rings. The molecule has 27 heavy (non-hydrogen) atoms.